The SMILES string of the molecule is O=C1c2c(cccc2-n2c3c(-c4ccc(C(F)(F)F)cc4C(F)(F)F)cccc3c3cccc(-c4ccc(C(F)(F)F)cc4C(F)(F)F)c32)CN1c1ccccc1. The molecule has 7 aromatic rings. The van der Waals surface area contributed by atoms with Gasteiger partial charge < -0.3 is 9.47 Å². The van der Waals surface area contributed by atoms with Crippen molar-refractivity contribution < 1.29 is 57.5 Å². The van der Waals surface area contributed by atoms with E-state index in [2.05, 4.69) is 0 Å². The van der Waals surface area contributed by atoms with Crippen molar-refractivity contribution in [2.75, 3.05) is 4.90 Å². The van der Waals surface area contributed by atoms with Crippen molar-refractivity contribution in [1.82, 2.24) is 4.57 Å². The van der Waals surface area contributed by atoms with Gasteiger partial charge in [-0.3, -0.25) is 4.79 Å². The smallest absolute Gasteiger partial charge is 0.307 e. The molecule has 0 atom stereocenters. The molecule has 0 spiro atoms. The minimum atomic E-state index is -5.33. The van der Waals surface area contributed by atoms with E-state index in [1.54, 1.807) is 36.4 Å². The number of hydrogen-bond acceptors (Lipinski definition) is 1. The van der Waals surface area contributed by atoms with Crippen LogP contribution >= 0.6 is 0 Å². The maximum Gasteiger partial charge on any atom is 0.417 e. The Kier molecular flexibility index (Phi) is 8.52. The molecule has 1 aromatic heterocycles. The van der Waals surface area contributed by atoms with Crippen LogP contribution in [0, 0.1) is 0 Å². The van der Waals surface area contributed by atoms with Crippen molar-refractivity contribution in [2.24, 2.45) is 0 Å². The summed E-state index contributed by atoms with van der Waals surface area (Å²) < 4.78 is 172. The number of para-hydroxylation sites is 3. The van der Waals surface area contributed by atoms with Gasteiger partial charge >= 0.3 is 24.7 Å². The maximum absolute atomic E-state index is 14.7. The standard InChI is InChI=1S/C42H22F12N2O/c43-39(44,45)23-15-17-26(32(19-23)41(49,50)51)28-10-5-12-30-31-13-6-11-29(27-18-16-24(40(46,47)48)20-33(27)42(52,53)54)37(31)56(36(28)30)34-14-4-7-22-21-55(38(57)35(22)34)25-8-2-1-3-9-25/h1-20H,21H2. The van der Waals surface area contributed by atoms with E-state index in [0.29, 0.717) is 35.5 Å². The van der Waals surface area contributed by atoms with E-state index < -0.39 is 64.0 Å². The average Bonchev–Trinajstić information content (AvgIpc) is 3.68. The highest BCUT2D eigenvalue weighted by atomic mass is 19.4. The molecule has 2 heterocycles. The first-order chi connectivity index (χ1) is 26.7. The van der Waals surface area contributed by atoms with Gasteiger partial charge in [-0.15, -0.1) is 0 Å². The van der Waals surface area contributed by atoms with E-state index >= 15 is 0 Å². The molecule has 1 aliphatic heterocycles. The van der Waals surface area contributed by atoms with E-state index in [-0.39, 0.29) is 62.9 Å². The summed E-state index contributed by atoms with van der Waals surface area (Å²) in [5.74, 6) is -0.576. The van der Waals surface area contributed by atoms with Gasteiger partial charge in [0.25, 0.3) is 5.91 Å². The second kappa shape index (κ2) is 12.9. The van der Waals surface area contributed by atoms with Crippen LogP contribution in [0.2, 0.25) is 0 Å². The number of carbonyl (C=O) groups excluding carboxylic acids is 1. The van der Waals surface area contributed by atoms with Crippen LogP contribution in [0.3, 0.4) is 0 Å². The lowest BCUT2D eigenvalue weighted by Crippen LogP contribution is -2.23. The second-order valence-electron chi connectivity index (χ2n) is 13.3. The fraction of sp³-hybridized carbons (Fsp3) is 0.119. The normalized spacial score (nSPS) is 13.9. The van der Waals surface area contributed by atoms with Crippen LogP contribution in [0.25, 0.3) is 49.7 Å². The summed E-state index contributed by atoms with van der Waals surface area (Å²) in [7, 11) is 0. The Morgan fingerprint density at radius 1 is 0.456 bits per heavy atom. The molecular weight excluding hydrogens is 776 g/mol. The van der Waals surface area contributed by atoms with Gasteiger partial charge in [0.2, 0.25) is 0 Å². The van der Waals surface area contributed by atoms with Gasteiger partial charge in [-0.25, -0.2) is 0 Å². The fourth-order valence-electron chi connectivity index (χ4n) is 7.52. The van der Waals surface area contributed by atoms with E-state index in [9.17, 15) is 57.5 Å². The number of aromatic nitrogens is 1. The topological polar surface area (TPSA) is 25.2 Å². The predicted octanol–water partition coefficient (Wildman–Crippen LogP) is 13.4. The molecule has 1 amide bonds. The molecule has 0 unspecified atom stereocenters. The number of alkyl halides is 12. The molecule has 0 bridgehead atoms. The van der Waals surface area contributed by atoms with Gasteiger partial charge in [0.05, 0.1) is 51.1 Å². The molecule has 0 saturated heterocycles. The number of carbonyl (C=O) groups is 1. The molecule has 3 nitrogen and oxygen atoms in total. The van der Waals surface area contributed by atoms with Gasteiger partial charge in [0.15, 0.2) is 0 Å². The van der Waals surface area contributed by atoms with Crippen molar-refractivity contribution in [3.8, 4) is 27.9 Å². The lowest BCUT2D eigenvalue weighted by molar-refractivity contribution is -0.144. The molecule has 0 radical (unpaired) electrons. The molecule has 57 heavy (non-hydrogen) atoms. The quantitative estimate of drug-likeness (QED) is 0.163. The van der Waals surface area contributed by atoms with Crippen LogP contribution in [-0.2, 0) is 31.2 Å². The highest BCUT2D eigenvalue weighted by molar-refractivity contribution is 6.19. The molecule has 0 N–H and O–H groups in total. The average molecular weight is 799 g/mol. The molecule has 0 fully saturated rings. The van der Waals surface area contributed by atoms with Crippen LogP contribution < -0.4 is 4.90 Å². The zero-order valence-corrected chi connectivity index (χ0v) is 28.6. The third-order valence-corrected chi connectivity index (χ3v) is 9.92. The van der Waals surface area contributed by atoms with Gasteiger partial charge in [-0.1, -0.05) is 78.9 Å². The Balaban J connectivity index is 1.53. The lowest BCUT2D eigenvalue weighted by Gasteiger charge is -2.20. The largest absolute Gasteiger partial charge is 0.417 e. The minimum absolute atomic E-state index is 0.00299. The zero-order valence-electron chi connectivity index (χ0n) is 28.6. The number of nitrogens with zero attached hydrogens (tertiary/aromatic N) is 2. The van der Waals surface area contributed by atoms with E-state index in [0.717, 1.165) is 0 Å². The molecule has 8 rings (SSSR count). The zero-order chi connectivity index (χ0) is 40.8. The monoisotopic (exact) mass is 798 g/mol. The van der Waals surface area contributed by atoms with Gasteiger partial charge in [-0.2, -0.15) is 52.7 Å². The summed E-state index contributed by atoms with van der Waals surface area (Å²) in [6.45, 7) is 0.0249. The number of rotatable bonds is 4. The molecular formula is C42H22F12N2O. The summed E-state index contributed by atoms with van der Waals surface area (Å²) in [6.07, 6.45) is -21.0. The molecule has 1 aliphatic rings. The number of halogens is 12. The van der Waals surface area contributed by atoms with Crippen molar-refractivity contribution in [2.45, 2.75) is 31.2 Å². The number of benzene rings is 6. The Morgan fingerprint density at radius 2 is 0.930 bits per heavy atom. The van der Waals surface area contributed by atoms with Crippen molar-refractivity contribution in [1.29, 1.82) is 0 Å². The Morgan fingerprint density at radius 3 is 1.39 bits per heavy atom. The number of amides is 1. The molecule has 0 aliphatic carbocycles. The van der Waals surface area contributed by atoms with Crippen LogP contribution in [0.15, 0.2) is 121 Å². The second-order valence-corrected chi connectivity index (χ2v) is 13.3. The van der Waals surface area contributed by atoms with Gasteiger partial charge in [-0.05, 0) is 59.2 Å². The molecule has 15 heteroatoms. The molecule has 290 valence electrons. The van der Waals surface area contributed by atoms with E-state index in [1.165, 1.54) is 58.0 Å². The maximum atomic E-state index is 14.7. The molecule has 0 saturated carbocycles. The Labute approximate surface area is 314 Å². The van der Waals surface area contributed by atoms with E-state index in [1.807, 2.05) is 0 Å². The third-order valence-electron chi connectivity index (χ3n) is 9.92. The Bertz CT molecular complexity index is 2610. The first kappa shape index (κ1) is 37.7. The first-order valence-electron chi connectivity index (χ1n) is 16.9. The number of anilines is 1. The van der Waals surface area contributed by atoms with Crippen LogP contribution in [0.5, 0.6) is 0 Å². The van der Waals surface area contributed by atoms with Gasteiger partial charge in [0, 0.05) is 27.6 Å². The van der Waals surface area contributed by atoms with Crippen LogP contribution in [-0.4, -0.2) is 10.5 Å². The van der Waals surface area contributed by atoms with Crippen molar-refractivity contribution in [3.63, 3.8) is 0 Å². The van der Waals surface area contributed by atoms with Gasteiger partial charge in [0.1, 0.15) is 0 Å². The summed E-state index contributed by atoms with van der Waals surface area (Å²) in [6, 6.07) is 23.1. The summed E-state index contributed by atoms with van der Waals surface area (Å²) >= 11 is 0. The fourth-order valence-corrected chi connectivity index (χ4v) is 7.52. The lowest BCUT2D eigenvalue weighted by atomic mass is 9.94. The van der Waals surface area contributed by atoms with Crippen LogP contribution in [0.4, 0.5) is 58.4 Å². The first-order valence-corrected chi connectivity index (χ1v) is 16.9. The van der Waals surface area contributed by atoms with Crippen molar-refractivity contribution >= 4 is 33.4 Å². The predicted molar refractivity (Wildman–Crippen MR) is 189 cm³/mol. The highest BCUT2D eigenvalue weighted by Gasteiger charge is 2.41. The van der Waals surface area contributed by atoms with Crippen molar-refractivity contribution in [3.05, 3.63) is 155 Å². The highest BCUT2D eigenvalue weighted by Crippen LogP contribution is 2.49. The van der Waals surface area contributed by atoms with E-state index in [4.69, 9.17) is 0 Å². The summed E-state index contributed by atoms with van der Waals surface area (Å²) in [5, 5.41) is 0.251. The third kappa shape index (κ3) is 6.34. The minimum Gasteiger partial charge on any atom is -0.307 e. The number of hydrogen-bond donors (Lipinski definition) is 0. The van der Waals surface area contributed by atoms with Crippen LogP contribution in [0.1, 0.15) is 38.2 Å². The summed E-state index contributed by atoms with van der Waals surface area (Å²) in [5.41, 5.74) is -7.78. The Hall–Kier alpha value is -6.25. The molecule has 6 aromatic carbocycles. The summed E-state index contributed by atoms with van der Waals surface area (Å²) in [4.78, 5) is 15.7. The number of fused-ring (bicyclic) bond motifs is 4.